The van der Waals surface area contributed by atoms with Crippen LogP contribution in [0.15, 0.2) is 29.4 Å². The van der Waals surface area contributed by atoms with E-state index in [1.165, 1.54) is 25.7 Å². The number of benzene rings is 1. The van der Waals surface area contributed by atoms with Crippen molar-refractivity contribution < 1.29 is 10.0 Å². The second kappa shape index (κ2) is 6.22. The van der Waals surface area contributed by atoms with Gasteiger partial charge in [-0.25, -0.2) is 0 Å². The number of amidine groups is 1. The van der Waals surface area contributed by atoms with Crippen LogP contribution in [0.4, 0.5) is 0 Å². The number of nitrogens with one attached hydrogen (secondary N) is 1. The summed E-state index contributed by atoms with van der Waals surface area (Å²) in [7, 11) is 0. The van der Waals surface area contributed by atoms with Gasteiger partial charge in [0.15, 0.2) is 5.84 Å². The fourth-order valence-electron chi connectivity index (χ4n) is 2.40. The number of nitrogens with two attached hydrogens (primary N) is 1. The highest BCUT2D eigenvalue weighted by Crippen LogP contribution is 2.23. The van der Waals surface area contributed by atoms with Crippen LogP contribution in [-0.2, 0) is 0 Å². The molecule has 19 heavy (non-hydrogen) atoms. The molecular weight excluding hydrogens is 242 g/mol. The van der Waals surface area contributed by atoms with Crippen molar-refractivity contribution in [2.24, 2.45) is 16.8 Å². The summed E-state index contributed by atoms with van der Waals surface area (Å²) in [4.78, 5) is 11.9. The van der Waals surface area contributed by atoms with Crippen molar-refractivity contribution in [1.82, 2.24) is 5.32 Å². The van der Waals surface area contributed by atoms with Crippen molar-refractivity contribution in [3.63, 3.8) is 0 Å². The molecule has 1 saturated carbocycles. The van der Waals surface area contributed by atoms with Crippen LogP contribution in [0.3, 0.4) is 0 Å². The number of amides is 1. The summed E-state index contributed by atoms with van der Waals surface area (Å²) < 4.78 is 0. The van der Waals surface area contributed by atoms with Gasteiger partial charge in [0, 0.05) is 17.7 Å². The minimum absolute atomic E-state index is 0.0397. The van der Waals surface area contributed by atoms with Gasteiger partial charge in [-0.15, -0.1) is 0 Å². The summed E-state index contributed by atoms with van der Waals surface area (Å²) in [5, 5.41) is 14.4. The zero-order valence-electron chi connectivity index (χ0n) is 10.8. The molecule has 1 aromatic rings. The van der Waals surface area contributed by atoms with Crippen LogP contribution < -0.4 is 11.1 Å². The molecule has 0 saturated heterocycles. The molecule has 5 heteroatoms. The number of carbonyl (C=O) groups excluding carboxylic acids is 1. The summed E-state index contributed by atoms with van der Waals surface area (Å²) in [6, 6.07) is 6.69. The van der Waals surface area contributed by atoms with Crippen molar-refractivity contribution in [2.75, 3.05) is 6.54 Å². The Labute approximate surface area is 112 Å². The van der Waals surface area contributed by atoms with Gasteiger partial charge in [0.2, 0.25) is 0 Å². The van der Waals surface area contributed by atoms with E-state index in [1.54, 1.807) is 24.3 Å². The van der Waals surface area contributed by atoms with Crippen LogP contribution in [0.5, 0.6) is 0 Å². The molecule has 2 rings (SSSR count). The van der Waals surface area contributed by atoms with Gasteiger partial charge < -0.3 is 16.3 Å². The lowest BCUT2D eigenvalue weighted by molar-refractivity contribution is 0.0947. The maximum absolute atomic E-state index is 11.9. The molecule has 1 fully saturated rings. The lowest BCUT2D eigenvalue weighted by Crippen LogP contribution is -2.28. The topological polar surface area (TPSA) is 87.7 Å². The molecule has 0 atom stereocenters. The molecule has 0 aromatic heterocycles. The fourth-order valence-corrected chi connectivity index (χ4v) is 2.40. The summed E-state index contributed by atoms with van der Waals surface area (Å²) in [5.41, 5.74) is 6.64. The van der Waals surface area contributed by atoms with Gasteiger partial charge in [-0.3, -0.25) is 4.79 Å². The zero-order valence-corrected chi connectivity index (χ0v) is 10.8. The summed E-state index contributed by atoms with van der Waals surface area (Å²) in [5.74, 6) is 0.594. The van der Waals surface area contributed by atoms with Crippen molar-refractivity contribution >= 4 is 11.7 Å². The van der Waals surface area contributed by atoms with Gasteiger partial charge in [-0.05, 0) is 30.9 Å². The highest BCUT2D eigenvalue weighted by molar-refractivity contribution is 5.99. The first-order chi connectivity index (χ1) is 9.20. The Morgan fingerprint density at radius 3 is 2.42 bits per heavy atom. The molecule has 0 unspecified atom stereocenters. The maximum Gasteiger partial charge on any atom is 0.251 e. The Hall–Kier alpha value is -2.04. The Bertz CT molecular complexity index is 462. The molecule has 0 aliphatic heterocycles. The standard InChI is InChI=1S/C14H19N3O2/c15-13(17-19)11-5-7-12(8-6-11)14(18)16-9-10-3-1-2-4-10/h5-8,10,19H,1-4,9H2,(H2,15,17)(H,16,18). The minimum atomic E-state index is -0.0713. The predicted octanol–water partition coefficient (Wildman–Crippen LogP) is 1.70. The number of rotatable bonds is 4. The Morgan fingerprint density at radius 2 is 1.84 bits per heavy atom. The van der Waals surface area contributed by atoms with Gasteiger partial charge >= 0.3 is 0 Å². The highest BCUT2D eigenvalue weighted by Gasteiger charge is 2.16. The third kappa shape index (κ3) is 3.47. The van der Waals surface area contributed by atoms with Gasteiger partial charge in [0.1, 0.15) is 0 Å². The quantitative estimate of drug-likeness (QED) is 0.333. The van der Waals surface area contributed by atoms with Crippen molar-refractivity contribution in [2.45, 2.75) is 25.7 Å². The zero-order chi connectivity index (χ0) is 13.7. The monoisotopic (exact) mass is 261 g/mol. The van der Waals surface area contributed by atoms with E-state index in [0.717, 1.165) is 6.54 Å². The van der Waals surface area contributed by atoms with Gasteiger partial charge in [-0.2, -0.15) is 0 Å². The molecule has 0 spiro atoms. The van der Waals surface area contributed by atoms with Gasteiger partial charge in [0.25, 0.3) is 5.91 Å². The van der Waals surface area contributed by atoms with E-state index in [-0.39, 0.29) is 11.7 Å². The number of nitrogens with zero attached hydrogens (tertiary/aromatic N) is 1. The van der Waals surface area contributed by atoms with Crippen LogP contribution in [0.25, 0.3) is 0 Å². The molecule has 1 aliphatic carbocycles. The maximum atomic E-state index is 11.9. The second-order valence-corrected chi connectivity index (χ2v) is 4.92. The van der Waals surface area contributed by atoms with E-state index >= 15 is 0 Å². The van der Waals surface area contributed by atoms with Gasteiger partial charge in [0.05, 0.1) is 0 Å². The summed E-state index contributed by atoms with van der Waals surface area (Å²) in [6.45, 7) is 0.751. The Balaban J connectivity index is 1.91. The first-order valence-electron chi connectivity index (χ1n) is 6.57. The molecule has 0 bridgehead atoms. The van der Waals surface area contributed by atoms with Crippen molar-refractivity contribution in [3.05, 3.63) is 35.4 Å². The van der Waals surface area contributed by atoms with Crippen LogP contribution in [0.2, 0.25) is 0 Å². The average Bonchev–Trinajstić information content (AvgIpc) is 2.97. The molecule has 5 nitrogen and oxygen atoms in total. The summed E-state index contributed by atoms with van der Waals surface area (Å²) >= 11 is 0. The van der Waals surface area contributed by atoms with Crippen molar-refractivity contribution in [1.29, 1.82) is 0 Å². The SMILES string of the molecule is N/C(=N\O)c1ccc(C(=O)NCC2CCCC2)cc1. The van der Waals surface area contributed by atoms with E-state index in [1.807, 2.05) is 0 Å². The lowest BCUT2D eigenvalue weighted by Gasteiger charge is -2.10. The lowest BCUT2D eigenvalue weighted by atomic mass is 10.1. The third-order valence-electron chi connectivity index (χ3n) is 3.58. The van der Waals surface area contributed by atoms with Crippen LogP contribution in [0, 0.1) is 5.92 Å². The normalized spacial score (nSPS) is 16.5. The highest BCUT2D eigenvalue weighted by atomic mass is 16.4. The Kier molecular flexibility index (Phi) is 4.39. The predicted molar refractivity (Wildman–Crippen MR) is 73.2 cm³/mol. The molecule has 0 heterocycles. The molecule has 1 aromatic carbocycles. The third-order valence-corrected chi connectivity index (χ3v) is 3.58. The first kappa shape index (κ1) is 13.4. The Morgan fingerprint density at radius 1 is 1.26 bits per heavy atom. The fraction of sp³-hybridized carbons (Fsp3) is 0.429. The van der Waals surface area contributed by atoms with E-state index in [4.69, 9.17) is 10.9 Å². The van der Waals surface area contributed by atoms with Crippen LogP contribution >= 0.6 is 0 Å². The van der Waals surface area contributed by atoms with E-state index < -0.39 is 0 Å². The molecule has 4 N–H and O–H groups in total. The number of oxime groups is 1. The summed E-state index contributed by atoms with van der Waals surface area (Å²) in [6.07, 6.45) is 4.97. The molecule has 1 aliphatic rings. The van der Waals surface area contributed by atoms with E-state index in [0.29, 0.717) is 17.0 Å². The van der Waals surface area contributed by atoms with Gasteiger partial charge in [-0.1, -0.05) is 30.1 Å². The van der Waals surface area contributed by atoms with Crippen LogP contribution in [-0.4, -0.2) is 23.5 Å². The molecule has 1 amide bonds. The average molecular weight is 261 g/mol. The minimum Gasteiger partial charge on any atom is -0.409 e. The van der Waals surface area contributed by atoms with Crippen LogP contribution in [0.1, 0.15) is 41.6 Å². The number of hydrogen-bond acceptors (Lipinski definition) is 3. The molecule has 102 valence electrons. The first-order valence-corrected chi connectivity index (χ1v) is 6.57. The second-order valence-electron chi connectivity index (χ2n) is 4.92. The number of carbonyl (C=O) groups is 1. The molecular formula is C14H19N3O2. The van der Waals surface area contributed by atoms with E-state index in [9.17, 15) is 4.79 Å². The van der Waals surface area contributed by atoms with E-state index in [2.05, 4.69) is 10.5 Å². The number of hydrogen-bond donors (Lipinski definition) is 3. The molecule has 0 radical (unpaired) electrons. The smallest absolute Gasteiger partial charge is 0.251 e. The van der Waals surface area contributed by atoms with Crippen molar-refractivity contribution in [3.8, 4) is 0 Å². The largest absolute Gasteiger partial charge is 0.409 e.